The van der Waals surface area contributed by atoms with Gasteiger partial charge >= 0.3 is 0 Å². The number of aromatic nitrogens is 1. The maximum Gasteiger partial charge on any atom is 0.119 e. The molecule has 3 aromatic rings. The highest BCUT2D eigenvalue weighted by atomic mass is 35.5. The number of nitrogens with zero attached hydrogens (tertiary/aromatic N) is 1. The lowest BCUT2D eigenvalue weighted by atomic mass is 10.1. The van der Waals surface area contributed by atoms with Crippen molar-refractivity contribution in [2.45, 2.75) is 6.92 Å². The molecule has 0 saturated heterocycles. The highest BCUT2D eigenvalue weighted by Crippen LogP contribution is 2.30. The Balaban J connectivity index is 2.11. The molecule has 3 rings (SSSR count). The van der Waals surface area contributed by atoms with Crippen molar-refractivity contribution in [3.63, 3.8) is 0 Å². The molecular weight excluding hydrogens is 284 g/mol. The van der Waals surface area contributed by atoms with Gasteiger partial charge in [-0.25, -0.2) is 0 Å². The van der Waals surface area contributed by atoms with E-state index < -0.39 is 0 Å². The fraction of sp³-hybridized carbons (Fsp3) is 0.118. The second kappa shape index (κ2) is 5.62. The molecule has 1 heterocycles. The molecule has 21 heavy (non-hydrogen) atoms. The highest BCUT2D eigenvalue weighted by Gasteiger charge is 2.06. The third kappa shape index (κ3) is 2.93. The van der Waals surface area contributed by atoms with Crippen LogP contribution in [0.4, 0.5) is 11.4 Å². The van der Waals surface area contributed by atoms with E-state index in [9.17, 15) is 0 Å². The van der Waals surface area contributed by atoms with Crippen molar-refractivity contribution in [2.75, 3.05) is 12.4 Å². The Hall–Kier alpha value is -2.26. The molecule has 0 unspecified atom stereocenters. The Kier molecular flexibility index (Phi) is 3.67. The first-order valence-corrected chi connectivity index (χ1v) is 7.01. The van der Waals surface area contributed by atoms with Crippen LogP contribution in [0.5, 0.6) is 5.75 Å². The average Bonchev–Trinajstić information content (AvgIpc) is 2.47. The van der Waals surface area contributed by atoms with Crippen molar-refractivity contribution in [3.05, 3.63) is 59.2 Å². The Labute approximate surface area is 128 Å². The molecule has 2 aromatic carbocycles. The number of anilines is 2. The highest BCUT2D eigenvalue weighted by molar-refractivity contribution is 6.30. The lowest BCUT2D eigenvalue weighted by Crippen LogP contribution is -1.95. The first kappa shape index (κ1) is 13.7. The fourth-order valence-corrected chi connectivity index (χ4v) is 2.48. The fourth-order valence-electron chi connectivity index (χ4n) is 2.29. The Morgan fingerprint density at radius 1 is 1.10 bits per heavy atom. The minimum absolute atomic E-state index is 0.702. The standard InChI is InChI=1S/C17H15ClN2O/c1-11-8-17(20-13-5-3-4-12(18)9-13)15-10-14(21-2)6-7-16(15)19-11/h3-10H,1-2H3,(H,19,20). The molecule has 0 amide bonds. The summed E-state index contributed by atoms with van der Waals surface area (Å²) in [6.45, 7) is 1.98. The molecule has 0 fully saturated rings. The number of hydrogen-bond donors (Lipinski definition) is 1. The molecular formula is C17H15ClN2O. The molecule has 3 nitrogen and oxygen atoms in total. The van der Waals surface area contributed by atoms with Crippen LogP contribution in [0.25, 0.3) is 10.9 Å². The number of rotatable bonds is 3. The van der Waals surface area contributed by atoms with Gasteiger partial charge in [-0.05, 0) is 49.4 Å². The van der Waals surface area contributed by atoms with Crippen molar-refractivity contribution in [2.24, 2.45) is 0 Å². The first-order valence-electron chi connectivity index (χ1n) is 6.64. The number of aryl methyl sites for hydroxylation is 1. The summed E-state index contributed by atoms with van der Waals surface area (Å²) in [6, 6.07) is 15.5. The maximum atomic E-state index is 6.04. The Bertz CT molecular complexity index is 802. The van der Waals surface area contributed by atoms with Gasteiger partial charge in [0.15, 0.2) is 0 Å². The zero-order valence-corrected chi connectivity index (χ0v) is 12.6. The van der Waals surface area contributed by atoms with E-state index in [1.54, 1.807) is 7.11 Å². The van der Waals surface area contributed by atoms with Gasteiger partial charge in [0.05, 0.1) is 12.6 Å². The van der Waals surface area contributed by atoms with Gasteiger partial charge in [0.2, 0.25) is 0 Å². The smallest absolute Gasteiger partial charge is 0.119 e. The van der Waals surface area contributed by atoms with E-state index in [1.807, 2.05) is 55.5 Å². The van der Waals surface area contributed by atoms with Crippen LogP contribution in [0.15, 0.2) is 48.5 Å². The third-order valence-electron chi connectivity index (χ3n) is 3.25. The van der Waals surface area contributed by atoms with Gasteiger partial charge in [-0.2, -0.15) is 0 Å². The van der Waals surface area contributed by atoms with E-state index in [1.165, 1.54) is 0 Å². The molecule has 1 aromatic heterocycles. The Morgan fingerprint density at radius 3 is 2.71 bits per heavy atom. The van der Waals surface area contributed by atoms with E-state index in [-0.39, 0.29) is 0 Å². The number of ether oxygens (including phenoxy) is 1. The van der Waals surface area contributed by atoms with Gasteiger partial charge in [-0.15, -0.1) is 0 Å². The molecule has 4 heteroatoms. The molecule has 0 radical (unpaired) electrons. The predicted octanol–water partition coefficient (Wildman–Crippen LogP) is 4.95. The van der Waals surface area contributed by atoms with Crippen molar-refractivity contribution < 1.29 is 4.74 Å². The number of benzene rings is 2. The summed E-state index contributed by atoms with van der Waals surface area (Å²) in [5.74, 6) is 0.808. The first-order chi connectivity index (χ1) is 10.2. The summed E-state index contributed by atoms with van der Waals surface area (Å²) in [6.07, 6.45) is 0. The molecule has 0 aliphatic heterocycles. The second-order valence-electron chi connectivity index (χ2n) is 4.83. The number of hydrogen-bond acceptors (Lipinski definition) is 3. The monoisotopic (exact) mass is 298 g/mol. The molecule has 0 saturated carbocycles. The van der Waals surface area contributed by atoms with Gasteiger partial charge in [0.1, 0.15) is 5.75 Å². The van der Waals surface area contributed by atoms with E-state index >= 15 is 0 Å². The summed E-state index contributed by atoms with van der Waals surface area (Å²) < 4.78 is 5.30. The van der Waals surface area contributed by atoms with Crippen LogP contribution in [-0.2, 0) is 0 Å². The zero-order valence-electron chi connectivity index (χ0n) is 11.9. The largest absolute Gasteiger partial charge is 0.497 e. The van der Waals surface area contributed by atoms with Crippen LogP contribution in [-0.4, -0.2) is 12.1 Å². The molecule has 0 spiro atoms. The van der Waals surface area contributed by atoms with E-state index in [2.05, 4.69) is 10.3 Å². The van der Waals surface area contributed by atoms with Crippen LogP contribution in [0.2, 0.25) is 5.02 Å². The van der Waals surface area contributed by atoms with Gasteiger partial charge in [0.25, 0.3) is 0 Å². The molecule has 106 valence electrons. The van der Waals surface area contributed by atoms with E-state index in [0.717, 1.165) is 33.7 Å². The summed E-state index contributed by atoms with van der Waals surface area (Å²) in [4.78, 5) is 4.55. The SMILES string of the molecule is COc1ccc2nc(C)cc(Nc3cccc(Cl)c3)c2c1. The third-order valence-corrected chi connectivity index (χ3v) is 3.48. The van der Waals surface area contributed by atoms with Crippen molar-refractivity contribution in [3.8, 4) is 5.75 Å². The van der Waals surface area contributed by atoms with Crippen LogP contribution in [0.3, 0.4) is 0 Å². The number of fused-ring (bicyclic) bond motifs is 1. The predicted molar refractivity (Wildman–Crippen MR) is 87.8 cm³/mol. The van der Waals surface area contributed by atoms with Gasteiger partial charge in [-0.1, -0.05) is 17.7 Å². The second-order valence-corrected chi connectivity index (χ2v) is 5.27. The van der Waals surface area contributed by atoms with Crippen LogP contribution in [0.1, 0.15) is 5.69 Å². The van der Waals surface area contributed by atoms with Gasteiger partial charge in [0, 0.05) is 27.5 Å². The molecule has 1 N–H and O–H groups in total. The summed E-state index contributed by atoms with van der Waals surface area (Å²) in [7, 11) is 1.66. The molecule has 0 bridgehead atoms. The molecule has 0 aliphatic rings. The van der Waals surface area contributed by atoms with E-state index in [4.69, 9.17) is 16.3 Å². The van der Waals surface area contributed by atoms with Crippen LogP contribution >= 0.6 is 11.6 Å². The minimum Gasteiger partial charge on any atom is -0.497 e. The minimum atomic E-state index is 0.702. The lowest BCUT2D eigenvalue weighted by molar-refractivity contribution is 0.415. The van der Waals surface area contributed by atoms with E-state index in [0.29, 0.717) is 5.02 Å². The quantitative estimate of drug-likeness (QED) is 0.743. The number of methoxy groups -OCH3 is 1. The van der Waals surface area contributed by atoms with Crippen LogP contribution < -0.4 is 10.1 Å². The maximum absolute atomic E-state index is 6.04. The van der Waals surface area contributed by atoms with Gasteiger partial charge < -0.3 is 10.1 Å². The average molecular weight is 299 g/mol. The Morgan fingerprint density at radius 2 is 1.95 bits per heavy atom. The topological polar surface area (TPSA) is 34.1 Å². The normalized spacial score (nSPS) is 10.6. The summed E-state index contributed by atoms with van der Waals surface area (Å²) >= 11 is 6.04. The van der Waals surface area contributed by atoms with Crippen molar-refractivity contribution in [1.29, 1.82) is 0 Å². The molecule has 0 aliphatic carbocycles. The van der Waals surface area contributed by atoms with Gasteiger partial charge in [-0.3, -0.25) is 4.98 Å². The lowest BCUT2D eigenvalue weighted by Gasteiger charge is -2.12. The zero-order chi connectivity index (χ0) is 14.8. The van der Waals surface area contributed by atoms with Crippen molar-refractivity contribution >= 4 is 33.9 Å². The summed E-state index contributed by atoms with van der Waals surface area (Å²) in [5.41, 5.74) is 3.81. The van der Waals surface area contributed by atoms with Crippen molar-refractivity contribution in [1.82, 2.24) is 4.98 Å². The number of nitrogens with one attached hydrogen (secondary N) is 1. The van der Waals surface area contributed by atoms with Crippen LogP contribution in [0, 0.1) is 6.92 Å². The number of pyridine rings is 1. The number of halogens is 1. The molecule has 0 atom stereocenters. The summed E-state index contributed by atoms with van der Waals surface area (Å²) in [5, 5.41) is 5.12.